The van der Waals surface area contributed by atoms with Gasteiger partial charge in [0.25, 0.3) is 0 Å². The highest BCUT2D eigenvalue weighted by atomic mass is 16.4. The third-order valence-electron chi connectivity index (χ3n) is 5.76. The zero-order chi connectivity index (χ0) is 23.8. The second-order valence-corrected chi connectivity index (χ2v) is 7.92. The van der Waals surface area contributed by atoms with E-state index in [4.69, 9.17) is 4.98 Å². The van der Waals surface area contributed by atoms with E-state index < -0.39 is 5.97 Å². The maximum absolute atomic E-state index is 11.5. The van der Waals surface area contributed by atoms with Crippen LogP contribution in [0.1, 0.15) is 15.9 Å². The Labute approximate surface area is 198 Å². The molecule has 10 heteroatoms. The molecular formula is C25H18N8O2. The number of imidazole rings is 1. The minimum absolute atomic E-state index is 0.201. The number of carbonyl (C=O) groups is 1. The maximum atomic E-state index is 11.5. The first-order valence-electron chi connectivity index (χ1n) is 10.8. The first-order chi connectivity index (χ1) is 17.2. The molecule has 0 aliphatic rings. The van der Waals surface area contributed by atoms with Crippen molar-refractivity contribution in [1.29, 1.82) is 0 Å². The van der Waals surface area contributed by atoms with E-state index in [0.29, 0.717) is 12.1 Å². The van der Waals surface area contributed by atoms with Crippen molar-refractivity contribution in [2.75, 3.05) is 0 Å². The average Bonchev–Trinajstić information content (AvgIpc) is 3.66. The summed E-state index contributed by atoms with van der Waals surface area (Å²) in [6.45, 7) is 0.556. The number of carboxylic acids is 1. The number of benzene rings is 3. The summed E-state index contributed by atoms with van der Waals surface area (Å²) in [5.41, 5.74) is 5.44. The quantitative estimate of drug-likeness (QED) is 0.402. The summed E-state index contributed by atoms with van der Waals surface area (Å²) in [6.07, 6.45) is 6.28. The molecule has 0 radical (unpaired) electrons. The molecule has 0 spiro atoms. The molecule has 10 nitrogen and oxygen atoms in total. The Balaban J connectivity index is 1.42. The summed E-state index contributed by atoms with van der Waals surface area (Å²) in [5, 5.41) is 17.8. The zero-order valence-corrected chi connectivity index (χ0v) is 18.3. The third-order valence-corrected chi connectivity index (χ3v) is 5.76. The summed E-state index contributed by atoms with van der Waals surface area (Å²) in [7, 11) is 0. The van der Waals surface area contributed by atoms with E-state index in [9.17, 15) is 9.90 Å². The van der Waals surface area contributed by atoms with Gasteiger partial charge in [-0.1, -0.05) is 12.1 Å². The van der Waals surface area contributed by atoms with Crippen LogP contribution in [0.2, 0.25) is 0 Å². The number of fused-ring (bicyclic) bond motifs is 1. The Morgan fingerprint density at radius 2 is 1.43 bits per heavy atom. The van der Waals surface area contributed by atoms with Gasteiger partial charge in [-0.2, -0.15) is 10.2 Å². The first-order valence-corrected chi connectivity index (χ1v) is 10.8. The van der Waals surface area contributed by atoms with Crippen LogP contribution >= 0.6 is 0 Å². The van der Waals surface area contributed by atoms with Gasteiger partial charge < -0.3 is 9.67 Å². The van der Waals surface area contributed by atoms with Crippen LogP contribution in [0, 0.1) is 0 Å². The van der Waals surface area contributed by atoms with E-state index in [1.165, 1.54) is 12.7 Å². The maximum Gasteiger partial charge on any atom is 0.335 e. The average molecular weight is 462 g/mol. The van der Waals surface area contributed by atoms with Crippen LogP contribution in [0.5, 0.6) is 0 Å². The van der Waals surface area contributed by atoms with E-state index in [0.717, 1.165) is 33.8 Å². The molecule has 3 heterocycles. The lowest BCUT2D eigenvalue weighted by molar-refractivity contribution is 0.0697. The molecule has 6 rings (SSSR count). The van der Waals surface area contributed by atoms with Crippen LogP contribution in [0.4, 0.5) is 0 Å². The summed E-state index contributed by atoms with van der Waals surface area (Å²) in [5.74, 6) is -0.239. The largest absolute Gasteiger partial charge is 0.478 e. The van der Waals surface area contributed by atoms with Crippen LogP contribution in [-0.2, 0) is 6.54 Å². The molecule has 3 aromatic carbocycles. The highest BCUT2D eigenvalue weighted by Gasteiger charge is 2.16. The molecule has 3 aromatic heterocycles. The molecular weight excluding hydrogens is 444 g/mol. The highest BCUT2D eigenvalue weighted by Crippen LogP contribution is 2.28. The van der Waals surface area contributed by atoms with Crippen molar-refractivity contribution in [3.8, 4) is 22.8 Å². The molecule has 0 amide bonds. The van der Waals surface area contributed by atoms with E-state index >= 15 is 0 Å². The van der Waals surface area contributed by atoms with Crippen LogP contribution in [0.15, 0.2) is 92.0 Å². The number of aromatic carboxylic acids is 1. The topological polar surface area (TPSA) is 117 Å². The van der Waals surface area contributed by atoms with Crippen molar-refractivity contribution in [1.82, 2.24) is 39.1 Å². The van der Waals surface area contributed by atoms with Crippen molar-refractivity contribution in [2.45, 2.75) is 6.54 Å². The van der Waals surface area contributed by atoms with Crippen LogP contribution in [0.25, 0.3) is 33.8 Å². The second kappa shape index (κ2) is 8.34. The Morgan fingerprint density at radius 3 is 2.00 bits per heavy atom. The van der Waals surface area contributed by atoms with Gasteiger partial charge >= 0.3 is 5.97 Å². The minimum atomic E-state index is -0.983. The monoisotopic (exact) mass is 462 g/mol. The van der Waals surface area contributed by atoms with Crippen molar-refractivity contribution in [3.05, 3.63) is 103 Å². The smallest absolute Gasteiger partial charge is 0.335 e. The molecule has 0 fully saturated rings. The summed E-state index contributed by atoms with van der Waals surface area (Å²) in [4.78, 5) is 24.3. The normalized spacial score (nSPS) is 11.2. The molecule has 0 saturated carbocycles. The molecule has 0 aliphatic heterocycles. The number of carboxylic acid groups (broad SMARTS) is 1. The minimum Gasteiger partial charge on any atom is -0.478 e. The fourth-order valence-electron chi connectivity index (χ4n) is 4.03. The van der Waals surface area contributed by atoms with Gasteiger partial charge in [-0.05, 0) is 60.2 Å². The van der Waals surface area contributed by atoms with Crippen LogP contribution in [-0.4, -0.2) is 50.2 Å². The van der Waals surface area contributed by atoms with Crippen LogP contribution in [0.3, 0.4) is 0 Å². The van der Waals surface area contributed by atoms with Gasteiger partial charge in [0, 0.05) is 12.1 Å². The second-order valence-electron chi connectivity index (χ2n) is 7.92. The molecule has 170 valence electrons. The molecule has 0 bridgehead atoms. The first kappa shape index (κ1) is 20.5. The lowest BCUT2D eigenvalue weighted by Crippen LogP contribution is -2.03. The lowest BCUT2D eigenvalue weighted by Gasteiger charge is -2.11. The molecule has 0 unspecified atom stereocenters. The number of nitrogens with zero attached hydrogens (tertiary/aromatic N) is 8. The Bertz CT molecular complexity index is 1620. The van der Waals surface area contributed by atoms with E-state index in [-0.39, 0.29) is 5.56 Å². The van der Waals surface area contributed by atoms with Gasteiger partial charge in [-0.25, -0.2) is 29.1 Å². The summed E-state index contributed by atoms with van der Waals surface area (Å²) in [6, 6.07) is 20.9. The van der Waals surface area contributed by atoms with E-state index in [2.05, 4.69) is 24.7 Å². The Morgan fingerprint density at radius 1 is 0.800 bits per heavy atom. The molecule has 35 heavy (non-hydrogen) atoms. The molecule has 0 aliphatic carbocycles. The summed E-state index contributed by atoms with van der Waals surface area (Å²) < 4.78 is 5.48. The van der Waals surface area contributed by atoms with Gasteiger partial charge in [-0.3, -0.25) is 0 Å². The number of aromatic nitrogens is 8. The van der Waals surface area contributed by atoms with E-state index in [1.54, 1.807) is 34.2 Å². The van der Waals surface area contributed by atoms with Gasteiger partial charge in [0.15, 0.2) is 0 Å². The van der Waals surface area contributed by atoms with Gasteiger partial charge in [0.2, 0.25) is 0 Å². The predicted octanol–water partition coefficient (Wildman–Crippen LogP) is 3.61. The third kappa shape index (κ3) is 3.82. The molecule has 6 aromatic rings. The fourth-order valence-corrected chi connectivity index (χ4v) is 4.03. The summed E-state index contributed by atoms with van der Waals surface area (Å²) >= 11 is 0. The Kier molecular flexibility index (Phi) is 4.88. The number of hydrogen-bond donors (Lipinski definition) is 1. The SMILES string of the molecule is O=C(O)c1ccc2c(c1)nc(-c1ccc(-n3cncn3)cc1)n2Cc1ccc(-n2cncn2)cc1. The molecule has 0 atom stereocenters. The van der Waals surface area contributed by atoms with Crippen LogP contribution < -0.4 is 0 Å². The van der Waals surface area contributed by atoms with Crippen molar-refractivity contribution >= 4 is 17.0 Å². The molecule has 0 saturated heterocycles. The highest BCUT2D eigenvalue weighted by molar-refractivity contribution is 5.93. The fraction of sp³-hybridized carbons (Fsp3) is 0.0400. The Hall–Kier alpha value is -5.12. The van der Waals surface area contributed by atoms with Gasteiger partial charge in [-0.15, -0.1) is 0 Å². The predicted molar refractivity (Wildman–Crippen MR) is 128 cm³/mol. The standard InChI is InChI=1S/C25H18N8O2/c34-25(35)19-5-10-23-22(11-19)30-24(18-3-8-21(9-4-18)33-16-27-14-29-33)31(23)12-17-1-6-20(7-2-17)32-15-26-13-28-32/h1-11,13-16H,12H2,(H,34,35). The zero-order valence-electron chi connectivity index (χ0n) is 18.3. The van der Waals surface area contributed by atoms with Gasteiger partial charge in [0.1, 0.15) is 31.1 Å². The molecule has 1 N–H and O–H groups in total. The lowest BCUT2D eigenvalue weighted by atomic mass is 10.1. The van der Waals surface area contributed by atoms with E-state index in [1.807, 2.05) is 54.6 Å². The van der Waals surface area contributed by atoms with Crippen molar-refractivity contribution < 1.29 is 9.90 Å². The van der Waals surface area contributed by atoms with Gasteiger partial charge in [0.05, 0.1) is 28.0 Å². The number of hydrogen-bond acceptors (Lipinski definition) is 6. The van der Waals surface area contributed by atoms with Crippen molar-refractivity contribution in [2.24, 2.45) is 0 Å². The van der Waals surface area contributed by atoms with Crippen molar-refractivity contribution in [3.63, 3.8) is 0 Å². The number of rotatable bonds is 6.